The van der Waals surface area contributed by atoms with Crippen LogP contribution in [0.15, 0.2) is 28.0 Å². The van der Waals surface area contributed by atoms with Crippen molar-refractivity contribution in [2.45, 2.75) is 10.5 Å². The van der Waals surface area contributed by atoms with Gasteiger partial charge < -0.3 is 9.71 Å². The number of nitrogens with one attached hydrogen (secondary N) is 2. The summed E-state index contributed by atoms with van der Waals surface area (Å²) in [4.78, 5) is 6.30. The van der Waals surface area contributed by atoms with Crippen LogP contribution in [-0.4, -0.2) is 9.97 Å². The molecule has 0 bridgehead atoms. The second-order valence-electron chi connectivity index (χ2n) is 4.18. The van der Waals surface area contributed by atoms with E-state index in [0.29, 0.717) is 11.2 Å². The van der Waals surface area contributed by atoms with E-state index in [1.54, 1.807) is 0 Å². The predicted molar refractivity (Wildman–Crippen MR) is 79.9 cm³/mol. The molecule has 10 heteroatoms. The van der Waals surface area contributed by atoms with Crippen LogP contribution < -0.4 is 4.72 Å². The van der Waals surface area contributed by atoms with Gasteiger partial charge in [-0.05, 0) is 12.1 Å². The Kier molecular flexibility index (Phi) is 3.96. The molecule has 0 fully saturated rings. The Bertz CT molecular complexity index is 827. The summed E-state index contributed by atoms with van der Waals surface area (Å²) < 4.78 is 54.1. The maximum atomic E-state index is 13.7. The van der Waals surface area contributed by atoms with Crippen molar-refractivity contribution in [3.8, 4) is 0 Å². The molecule has 0 radical (unpaired) electrons. The molecular formula is C12H6ClF4N3S2. The highest BCUT2D eigenvalue weighted by Gasteiger charge is 2.33. The first kappa shape index (κ1) is 15.4. The lowest BCUT2D eigenvalue weighted by atomic mass is 10.2. The number of fused-ring (bicyclic) bond motifs is 1. The maximum absolute atomic E-state index is 13.7. The zero-order chi connectivity index (χ0) is 15.9. The monoisotopic (exact) mass is 367 g/mol. The van der Waals surface area contributed by atoms with E-state index >= 15 is 0 Å². The van der Waals surface area contributed by atoms with E-state index in [2.05, 4.69) is 14.7 Å². The summed E-state index contributed by atoms with van der Waals surface area (Å²) in [6, 6.07) is 2.70. The summed E-state index contributed by atoms with van der Waals surface area (Å²) in [5, 5.41) is 1.40. The standard InChI is InChI=1S/C12H6ClF4N3S2/c13-5-3-18-10-7(2-1-6(14)9(5)10)20-22-11-19-8(4-21-11)12(15,16)17/h1-4,18,20H. The average Bonchev–Trinajstić information content (AvgIpc) is 3.05. The van der Waals surface area contributed by atoms with Crippen molar-refractivity contribution < 1.29 is 17.6 Å². The summed E-state index contributed by atoms with van der Waals surface area (Å²) in [6.07, 6.45) is -3.03. The first-order chi connectivity index (χ1) is 10.4. The molecule has 3 aromatic rings. The molecule has 0 spiro atoms. The van der Waals surface area contributed by atoms with Gasteiger partial charge in [0, 0.05) is 23.5 Å². The Morgan fingerprint density at radius 3 is 2.77 bits per heavy atom. The highest BCUT2D eigenvalue weighted by Crippen LogP contribution is 2.36. The van der Waals surface area contributed by atoms with E-state index in [9.17, 15) is 17.6 Å². The summed E-state index contributed by atoms with van der Waals surface area (Å²) in [5.74, 6) is -0.481. The van der Waals surface area contributed by atoms with Crippen LogP contribution >= 0.6 is 34.9 Å². The van der Waals surface area contributed by atoms with Crippen LogP contribution in [0, 0.1) is 5.82 Å². The normalized spacial score (nSPS) is 12.0. The van der Waals surface area contributed by atoms with E-state index in [1.165, 1.54) is 18.3 Å². The number of hydrogen-bond acceptors (Lipinski definition) is 4. The quantitative estimate of drug-likeness (QED) is 0.470. The molecular weight excluding hydrogens is 362 g/mol. The van der Waals surface area contributed by atoms with Crippen LogP contribution in [0.3, 0.4) is 0 Å². The molecule has 2 heterocycles. The molecule has 0 aliphatic heterocycles. The lowest BCUT2D eigenvalue weighted by Gasteiger charge is -2.05. The highest BCUT2D eigenvalue weighted by atomic mass is 35.5. The molecule has 0 amide bonds. The molecule has 2 aromatic heterocycles. The van der Waals surface area contributed by atoms with Crippen molar-refractivity contribution in [2.75, 3.05) is 4.72 Å². The van der Waals surface area contributed by atoms with E-state index < -0.39 is 17.7 Å². The van der Waals surface area contributed by atoms with Gasteiger partial charge in [0.05, 0.1) is 21.6 Å². The fourth-order valence-corrected chi connectivity index (χ4v) is 3.55. The maximum Gasteiger partial charge on any atom is 0.434 e. The van der Waals surface area contributed by atoms with Gasteiger partial charge in [-0.3, -0.25) is 0 Å². The average molecular weight is 368 g/mol. The van der Waals surface area contributed by atoms with E-state index in [1.807, 2.05) is 0 Å². The van der Waals surface area contributed by atoms with Crippen molar-refractivity contribution in [1.29, 1.82) is 0 Å². The number of alkyl halides is 3. The second-order valence-corrected chi connectivity index (χ2v) is 6.50. The lowest BCUT2D eigenvalue weighted by molar-refractivity contribution is -0.141. The lowest BCUT2D eigenvalue weighted by Crippen LogP contribution is -2.04. The molecule has 0 aliphatic carbocycles. The van der Waals surface area contributed by atoms with Gasteiger partial charge in [-0.15, -0.1) is 11.3 Å². The third-order valence-electron chi connectivity index (χ3n) is 2.76. The first-order valence-electron chi connectivity index (χ1n) is 5.77. The Labute approximate surface area is 134 Å². The number of rotatable bonds is 3. The van der Waals surface area contributed by atoms with Gasteiger partial charge >= 0.3 is 6.18 Å². The number of H-pyrrole nitrogens is 1. The van der Waals surface area contributed by atoms with Crippen molar-refractivity contribution in [1.82, 2.24) is 9.97 Å². The number of thiazole rings is 1. The largest absolute Gasteiger partial charge is 0.434 e. The smallest absolute Gasteiger partial charge is 0.358 e. The molecule has 0 saturated heterocycles. The molecule has 0 saturated carbocycles. The summed E-state index contributed by atoms with van der Waals surface area (Å²) in [7, 11) is 0. The minimum Gasteiger partial charge on any atom is -0.358 e. The summed E-state index contributed by atoms with van der Waals surface area (Å²) in [5.41, 5.74) is -0.00358. The SMILES string of the molecule is Fc1ccc(NSc2nc(C(F)(F)F)cs2)c2[nH]cc(Cl)c12. The summed E-state index contributed by atoms with van der Waals surface area (Å²) in [6.45, 7) is 0. The Morgan fingerprint density at radius 2 is 2.09 bits per heavy atom. The van der Waals surface area contributed by atoms with Gasteiger partial charge in [-0.2, -0.15) is 13.2 Å². The molecule has 116 valence electrons. The third kappa shape index (κ3) is 2.88. The molecule has 0 aliphatic rings. The van der Waals surface area contributed by atoms with Gasteiger partial charge in [0.1, 0.15) is 5.82 Å². The molecule has 0 unspecified atom stereocenters. The molecule has 1 aromatic carbocycles. The van der Waals surface area contributed by atoms with Crippen LogP contribution in [0.2, 0.25) is 5.02 Å². The number of hydrogen-bond donors (Lipinski definition) is 2. The number of aromatic nitrogens is 2. The number of aromatic amines is 1. The zero-order valence-electron chi connectivity index (χ0n) is 10.5. The molecule has 2 N–H and O–H groups in total. The Balaban J connectivity index is 1.83. The zero-order valence-corrected chi connectivity index (χ0v) is 12.9. The van der Waals surface area contributed by atoms with E-state index in [0.717, 1.165) is 28.7 Å². The fourth-order valence-electron chi connectivity index (χ4n) is 1.79. The molecule has 3 nitrogen and oxygen atoms in total. The Hall–Kier alpha value is -1.45. The van der Waals surface area contributed by atoms with Gasteiger partial charge in [0.2, 0.25) is 0 Å². The number of nitrogens with zero attached hydrogens (tertiary/aromatic N) is 1. The minimum atomic E-state index is -4.47. The van der Waals surface area contributed by atoms with Crippen LogP contribution in [0.25, 0.3) is 10.9 Å². The third-order valence-corrected chi connectivity index (χ3v) is 4.82. The van der Waals surface area contributed by atoms with Crippen LogP contribution in [0.4, 0.5) is 23.2 Å². The number of benzene rings is 1. The minimum absolute atomic E-state index is 0.197. The van der Waals surface area contributed by atoms with Crippen LogP contribution in [0.1, 0.15) is 5.69 Å². The van der Waals surface area contributed by atoms with Gasteiger partial charge in [0.15, 0.2) is 10.0 Å². The van der Waals surface area contributed by atoms with Crippen molar-refractivity contribution in [2.24, 2.45) is 0 Å². The van der Waals surface area contributed by atoms with Gasteiger partial charge in [-0.1, -0.05) is 11.6 Å². The first-order valence-corrected chi connectivity index (χ1v) is 7.84. The fraction of sp³-hybridized carbons (Fsp3) is 0.0833. The molecule has 0 atom stereocenters. The van der Waals surface area contributed by atoms with E-state index in [-0.39, 0.29) is 14.7 Å². The highest BCUT2D eigenvalue weighted by molar-refractivity contribution is 8.02. The topological polar surface area (TPSA) is 40.7 Å². The van der Waals surface area contributed by atoms with Crippen molar-refractivity contribution in [3.63, 3.8) is 0 Å². The Morgan fingerprint density at radius 1 is 1.32 bits per heavy atom. The second kappa shape index (κ2) is 5.64. The summed E-state index contributed by atoms with van der Waals surface area (Å²) >= 11 is 7.66. The van der Waals surface area contributed by atoms with Gasteiger partial charge in [0.25, 0.3) is 0 Å². The molecule has 3 rings (SSSR count). The number of halogens is 5. The van der Waals surface area contributed by atoms with Crippen LogP contribution in [-0.2, 0) is 6.18 Å². The molecule has 22 heavy (non-hydrogen) atoms. The van der Waals surface area contributed by atoms with Crippen molar-refractivity contribution >= 4 is 51.5 Å². The van der Waals surface area contributed by atoms with Crippen molar-refractivity contribution in [3.05, 3.63) is 40.2 Å². The van der Waals surface area contributed by atoms with E-state index in [4.69, 9.17) is 11.6 Å². The van der Waals surface area contributed by atoms with Gasteiger partial charge in [-0.25, -0.2) is 9.37 Å². The number of anilines is 1. The van der Waals surface area contributed by atoms with Crippen LogP contribution in [0.5, 0.6) is 0 Å². The predicted octanol–water partition coefficient (Wildman–Crippen LogP) is 5.55.